The van der Waals surface area contributed by atoms with Crippen LogP contribution in [0.1, 0.15) is 38.2 Å². The normalized spacial score (nSPS) is 29.3. The number of nitrogens with zero attached hydrogens (tertiary/aromatic N) is 3. The maximum atomic E-state index is 11.2. The van der Waals surface area contributed by atoms with Crippen molar-refractivity contribution in [2.45, 2.75) is 44.5 Å². The van der Waals surface area contributed by atoms with Gasteiger partial charge in [0, 0.05) is 25.6 Å². The maximum Gasteiger partial charge on any atom is 0.328 e. The predicted molar refractivity (Wildman–Crippen MR) is 85.3 cm³/mol. The highest BCUT2D eigenvalue weighted by molar-refractivity contribution is 5.64. The fraction of sp³-hybridized carbons (Fsp3) is 0.625. The number of nitrogens with one attached hydrogen (secondary N) is 1. The summed E-state index contributed by atoms with van der Waals surface area (Å²) in [5.74, 6) is 0.286. The zero-order valence-corrected chi connectivity index (χ0v) is 13.5. The minimum absolute atomic E-state index is 0.0150. The number of nitro groups is 1. The van der Waals surface area contributed by atoms with Gasteiger partial charge in [-0.05, 0) is 24.8 Å². The average Bonchev–Trinajstić information content (AvgIpc) is 2.98. The molecule has 128 valence electrons. The number of anilines is 1. The average molecular weight is 332 g/mol. The first-order valence-corrected chi connectivity index (χ1v) is 8.12. The predicted octanol–water partition coefficient (Wildman–Crippen LogP) is 2.60. The van der Waals surface area contributed by atoms with Crippen LogP contribution in [0.2, 0.25) is 0 Å². The second-order valence-corrected chi connectivity index (χ2v) is 6.45. The molecule has 24 heavy (non-hydrogen) atoms. The van der Waals surface area contributed by atoms with E-state index < -0.39 is 10.7 Å². The number of nitriles is 1. The molecule has 1 aromatic heterocycles. The maximum absolute atomic E-state index is 11.2. The van der Waals surface area contributed by atoms with E-state index in [9.17, 15) is 10.1 Å². The lowest BCUT2D eigenvalue weighted by Gasteiger charge is -2.34. The van der Waals surface area contributed by atoms with Crippen LogP contribution in [0.15, 0.2) is 12.3 Å². The van der Waals surface area contributed by atoms with E-state index in [-0.39, 0.29) is 23.2 Å². The molecule has 0 bridgehead atoms. The van der Waals surface area contributed by atoms with Crippen molar-refractivity contribution in [1.29, 1.82) is 5.26 Å². The van der Waals surface area contributed by atoms with Crippen LogP contribution in [-0.4, -0.2) is 35.0 Å². The Morgan fingerprint density at radius 1 is 1.54 bits per heavy atom. The van der Waals surface area contributed by atoms with Crippen LogP contribution in [0.25, 0.3) is 0 Å². The Labute approximate surface area is 139 Å². The quantitative estimate of drug-likeness (QED) is 0.666. The number of ether oxygens (including phenoxy) is 2. The third-order valence-electron chi connectivity index (χ3n) is 4.67. The summed E-state index contributed by atoms with van der Waals surface area (Å²) in [5, 5.41) is 23.1. The largest absolute Gasteiger partial charge is 0.362 e. The molecule has 2 aliphatic rings. The molecule has 1 unspecified atom stereocenters. The molecular formula is C16H20N4O4. The van der Waals surface area contributed by atoms with E-state index in [1.165, 1.54) is 12.3 Å². The van der Waals surface area contributed by atoms with Gasteiger partial charge in [-0.25, -0.2) is 4.98 Å². The summed E-state index contributed by atoms with van der Waals surface area (Å²) < 4.78 is 12.0. The van der Waals surface area contributed by atoms with Gasteiger partial charge in [-0.15, -0.1) is 0 Å². The molecule has 8 heteroatoms. The van der Waals surface area contributed by atoms with Gasteiger partial charge in [0.15, 0.2) is 5.79 Å². The Balaban J connectivity index is 1.63. The number of aromatic nitrogens is 1. The van der Waals surface area contributed by atoms with Crippen LogP contribution in [0, 0.1) is 27.4 Å². The van der Waals surface area contributed by atoms with Crippen molar-refractivity contribution in [2.75, 3.05) is 18.5 Å². The first kappa shape index (κ1) is 16.6. The Morgan fingerprint density at radius 3 is 2.96 bits per heavy atom. The second kappa shape index (κ2) is 6.71. The summed E-state index contributed by atoms with van der Waals surface area (Å²) in [5.41, 5.74) is -0.320. The highest BCUT2D eigenvalue weighted by atomic mass is 16.7. The minimum Gasteiger partial charge on any atom is -0.362 e. The first-order valence-electron chi connectivity index (χ1n) is 8.12. The molecule has 1 atom stereocenters. The summed E-state index contributed by atoms with van der Waals surface area (Å²) in [7, 11) is 0. The van der Waals surface area contributed by atoms with Crippen LogP contribution in [0.5, 0.6) is 0 Å². The Kier molecular flexibility index (Phi) is 4.64. The van der Waals surface area contributed by atoms with E-state index in [0.717, 1.165) is 25.7 Å². The zero-order valence-electron chi connectivity index (χ0n) is 13.5. The van der Waals surface area contributed by atoms with Gasteiger partial charge in [0.1, 0.15) is 17.7 Å². The minimum atomic E-state index is -0.593. The van der Waals surface area contributed by atoms with Gasteiger partial charge >= 0.3 is 5.69 Å². The SMILES string of the molecule is CC1CCC2(CC1)OCC(CNc1nccc(C#N)c1[N+](=O)[O-])O2. The monoisotopic (exact) mass is 332 g/mol. The topological polar surface area (TPSA) is 110 Å². The van der Waals surface area contributed by atoms with Gasteiger partial charge in [-0.2, -0.15) is 5.26 Å². The Morgan fingerprint density at radius 2 is 2.29 bits per heavy atom. The second-order valence-electron chi connectivity index (χ2n) is 6.45. The van der Waals surface area contributed by atoms with E-state index in [0.29, 0.717) is 19.1 Å². The van der Waals surface area contributed by atoms with Gasteiger partial charge < -0.3 is 14.8 Å². The first-order chi connectivity index (χ1) is 11.5. The molecule has 1 N–H and O–H groups in total. The number of hydrogen-bond acceptors (Lipinski definition) is 7. The summed E-state index contributed by atoms with van der Waals surface area (Å²) in [6, 6.07) is 3.15. The van der Waals surface area contributed by atoms with Crippen LogP contribution >= 0.6 is 0 Å². The molecule has 2 fully saturated rings. The third kappa shape index (κ3) is 3.32. The summed E-state index contributed by atoms with van der Waals surface area (Å²) in [6.45, 7) is 3.03. The van der Waals surface area contributed by atoms with Crippen LogP contribution in [-0.2, 0) is 9.47 Å². The fourth-order valence-electron chi connectivity index (χ4n) is 3.25. The molecule has 1 aliphatic carbocycles. The Bertz CT molecular complexity index is 665. The van der Waals surface area contributed by atoms with Gasteiger partial charge in [0.25, 0.3) is 0 Å². The molecule has 1 aliphatic heterocycles. The fourth-order valence-corrected chi connectivity index (χ4v) is 3.25. The third-order valence-corrected chi connectivity index (χ3v) is 4.67. The molecule has 2 heterocycles. The molecule has 1 aromatic rings. The number of rotatable bonds is 4. The molecule has 0 amide bonds. The van der Waals surface area contributed by atoms with Crippen molar-refractivity contribution >= 4 is 11.5 Å². The lowest BCUT2D eigenvalue weighted by molar-refractivity contribution is -0.384. The van der Waals surface area contributed by atoms with Gasteiger partial charge in [-0.3, -0.25) is 10.1 Å². The van der Waals surface area contributed by atoms with E-state index >= 15 is 0 Å². The van der Waals surface area contributed by atoms with Gasteiger partial charge in [0.05, 0.1) is 11.5 Å². The molecule has 1 saturated carbocycles. The summed E-state index contributed by atoms with van der Waals surface area (Å²) in [6.07, 6.45) is 5.11. The van der Waals surface area contributed by atoms with Gasteiger partial charge in [-0.1, -0.05) is 6.92 Å². The highest BCUT2D eigenvalue weighted by Gasteiger charge is 2.43. The zero-order chi connectivity index (χ0) is 17.2. The van der Waals surface area contributed by atoms with Crippen molar-refractivity contribution in [1.82, 2.24) is 4.98 Å². The summed E-state index contributed by atoms with van der Waals surface area (Å²) >= 11 is 0. The van der Waals surface area contributed by atoms with Crippen molar-refractivity contribution in [3.8, 4) is 6.07 Å². The van der Waals surface area contributed by atoms with Crippen molar-refractivity contribution in [2.24, 2.45) is 5.92 Å². The molecule has 1 saturated heterocycles. The Hall–Kier alpha value is -2.24. The highest BCUT2D eigenvalue weighted by Crippen LogP contribution is 2.40. The molecule has 0 aromatic carbocycles. The van der Waals surface area contributed by atoms with E-state index in [4.69, 9.17) is 14.7 Å². The van der Waals surface area contributed by atoms with Crippen LogP contribution < -0.4 is 5.32 Å². The van der Waals surface area contributed by atoms with E-state index in [2.05, 4.69) is 17.2 Å². The molecule has 8 nitrogen and oxygen atoms in total. The van der Waals surface area contributed by atoms with Crippen molar-refractivity contribution < 1.29 is 14.4 Å². The van der Waals surface area contributed by atoms with Crippen molar-refractivity contribution in [3.05, 3.63) is 27.9 Å². The number of pyridine rings is 1. The number of hydrogen-bond donors (Lipinski definition) is 1. The van der Waals surface area contributed by atoms with Gasteiger partial charge in [0.2, 0.25) is 5.82 Å². The van der Waals surface area contributed by atoms with E-state index in [1.807, 2.05) is 6.07 Å². The molecular weight excluding hydrogens is 312 g/mol. The summed E-state index contributed by atoms with van der Waals surface area (Å²) in [4.78, 5) is 14.6. The van der Waals surface area contributed by atoms with E-state index in [1.54, 1.807) is 0 Å². The van der Waals surface area contributed by atoms with Crippen LogP contribution in [0.4, 0.5) is 11.5 Å². The molecule has 3 rings (SSSR count). The lowest BCUT2D eigenvalue weighted by atomic mass is 9.86. The van der Waals surface area contributed by atoms with Crippen LogP contribution in [0.3, 0.4) is 0 Å². The molecule has 0 radical (unpaired) electrons. The van der Waals surface area contributed by atoms with Crippen molar-refractivity contribution in [3.63, 3.8) is 0 Å². The standard InChI is InChI=1S/C16H20N4O4/c1-11-2-5-16(6-3-11)23-10-13(24-16)9-19-15-14(20(21)22)12(8-17)4-7-18-15/h4,7,11,13H,2-3,5-6,9-10H2,1H3,(H,18,19). The smallest absolute Gasteiger partial charge is 0.328 e. The lowest BCUT2D eigenvalue weighted by Crippen LogP contribution is -2.36. The molecule has 1 spiro atoms.